The lowest BCUT2D eigenvalue weighted by Gasteiger charge is -2.38. The molecule has 1 aliphatic rings. The molecular weight excluding hydrogens is 227 g/mol. The molecule has 3 N–H and O–H groups in total. The van der Waals surface area contributed by atoms with Gasteiger partial charge in [0.1, 0.15) is 5.82 Å². The van der Waals surface area contributed by atoms with Gasteiger partial charge in [-0.25, -0.2) is 0 Å². The zero-order chi connectivity index (χ0) is 13.4. The molecular formula is C13H20BN2O2. The Morgan fingerprint density at radius 2 is 2.06 bits per heavy atom. The molecule has 0 unspecified atom stereocenters. The second-order valence-electron chi connectivity index (χ2n) is 5.69. The van der Waals surface area contributed by atoms with Crippen LogP contribution < -0.4 is 5.32 Å². The van der Waals surface area contributed by atoms with E-state index in [9.17, 15) is 5.11 Å². The summed E-state index contributed by atoms with van der Waals surface area (Å²) in [5.41, 5.74) is 0.647. The smallest absolute Gasteiger partial charge is 0.328 e. The molecule has 2 rings (SSSR count). The summed E-state index contributed by atoms with van der Waals surface area (Å²) in [5, 5.41) is 13.3. The van der Waals surface area contributed by atoms with Crippen LogP contribution in [-0.2, 0) is 4.65 Å². The molecule has 2 heterocycles. The fourth-order valence-corrected chi connectivity index (χ4v) is 1.54. The molecule has 0 aromatic carbocycles. The topological polar surface area (TPSA) is 57.3 Å². The minimum absolute atomic E-state index is 0.633. The standard InChI is InChI=1S/C13H20BN2O2/c1-12(2,17)13(3,4)18-14-10-7-9-5-6-15-11(9)16-8-10/h5-7,15-17H,8H2,1-4H3. The summed E-state index contributed by atoms with van der Waals surface area (Å²) in [4.78, 5) is 3.12. The van der Waals surface area contributed by atoms with Gasteiger partial charge >= 0.3 is 7.48 Å². The molecule has 1 radical (unpaired) electrons. The first kappa shape index (κ1) is 13.2. The van der Waals surface area contributed by atoms with Crippen LogP contribution in [0.2, 0.25) is 0 Å². The van der Waals surface area contributed by atoms with E-state index < -0.39 is 11.2 Å². The molecule has 0 fully saturated rings. The van der Waals surface area contributed by atoms with Gasteiger partial charge in [0.2, 0.25) is 0 Å². The van der Waals surface area contributed by atoms with Crippen molar-refractivity contribution in [1.29, 1.82) is 0 Å². The van der Waals surface area contributed by atoms with Crippen molar-refractivity contribution in [2.24, 2.45) is 0 Å². The highest BCUT2D eigenvalue weighted by Gasteiger charge is 2.36. The maximum Gasteiger partial charge on any atom is 0.328 e. The maximum absolute atomic E-state index is 10.0. The fraction of sp³-hybridized carbons (Fsp3) is 0.538. The molecule has 0 spiro atoms. The summed E-state index contributed by atoms with van der Waals surface area (Å²) in [6, 6.07) is 2.01. The maximum atomic E-state index is 10.0. The number of H-pyrrole nitrogens is 1. The Kier molecular flexibility index (Phi) is 3.30. The van der Waals surface area contributed by atoms with Crippen LogP contribution in [0.25, 0.3) is 6.08 Å². The van der Waals surface area contributed by atoms with Gasteiger partial charge in [-0.3, -0.25) is 0 Å². The van der Waals surface area contributed by atoms with Gasteiger partial charge in [0, 0.05) is 18.3 Å². The van der Waals surface area contributed by atoms with E-state index >= 15 is 0 Å². The van der Waals surface area contributed by atoms with Crippen LogP contribution in [-0.4, -0.2) is 35.3 Å². The monoisotopic (exact) mass is 247 g/mol. The van der Waals surface area contributed by atoms with Gasteiger partial charge in [0.05, 0.1) is 11.2 Å². The van der Waals surface area contributed by atoms with E-state index in [0.717, 1.165) is 23.4 Å². The predicted molar refractivity (Wildman–Crippen MR) is 74.5 cm³/mol. The van der Waals surface area contributed by atoms with Crippen molar-refractivity contribution in [3.05, 3.63) is 23.3 Å². The van der Waals surface area contributed by atoms with Gasteiger partial charge in [0.25, 0.3) is 0 Å². The van der Waals surface area contributed by atoms with Crippen LogP contribution >= 0.6 is 0 Å². The Hall–Kier alpha value is -1.20. The second kappa shape index (κ2) is 4.48. The van der Waals surface area contributed by atoms with E-state index in [2.05, 4.69) is 16.4 Å². The molecule has 97 valence electrons. The van der Waals surface area contributed by atoms with Gasteiger partial charge in [-0.15, -0.1) is 0 Å². The molecule has 4 nitrogen and oxygen atoms in total. The molecule has 0 saturated carbocycles. The van der Waals surface area contributed by atoms with E-state index in [0.29, 0.717) is 0 Å². The molecule has 0 bridgehead atoms. The number of rotatable bonds is 4. The highest BCUT2D eigenvalue weighted by atomic mass is 16.5. The fourth-order valence-electron chi connectivity index (χ4n) is 1.54. The largest absolute Gasteiger partial charge is 0.427 e. The van der Waals surface area contributed by atoms with Gasteiger partial charge < -0.3 is 20.1 Å². The number of nitrogens with one attached hydrogen (secondary N) is 2. The van der Waals surface area contributed by atoms with Crippen molar-refractivity contribution in [2.45, 2.75) is 38.9 Å². The van der Waals surface area contributed by atoms with E-state index in [-0.39, 0.29) is 0 Å². The number of fused-ring (bicyclic) bond motifs is 1. The van der Waals surface area contributed by atoms with Gasteiger partial charge in [-0.1, -0.05) is 11.5 Å². The Balaban J connectivity index is 2.01. The van der Waals surface area contributed by atoms with E-state index in [1.807, 2.05) is 26.1 Å². The Morgan fingerprint density at radius 3 is 2.72 bits per heavy atom. The van der Waals surface area contributed by atoms with Gasteiger partial charge in [-0.2, -0.15) is 0 Å². The number of aliphatic hydroxyl groups is 1. The van der Waals surface area contributed by atoms with Crippen molar-refractivity contribution in [3.8, 4) is 0 Å². The predicted octanol–water partition coefficient (Wildman–Crippen LogP) is 1.97. The van der Waals surface area contributed by atoms with Crippen molar-refractivity contribution in [3.63, 3.8) is 0 Å². The number of anilines is 1. The summed E-state index contributed by atoms with van der Waals surface area (Å²) in [7, 11) is 1.72. The third kappa shape index (κ3) is 2.62. The zero-order valence-electron chi connectivity index (χ0n) is 11.4. The minimum Gasteiger partial charge on any atom is -0.427 e. The van der Waals surface area contributed by atoms with Crippen LogP contribution in [0.1, 0.15) is 33.3 Å². The second-order valence-corrected chi connectivity index (χ2v) is 5.69. The Morgan fingerprint density at radius 1 is 1.33 bits per heavy atom. The average molecular weight is 247 g/mol. The Bertz CT molecular complexity index is 458. The first-order chi connectivity index (χ1) is 8.29. The summed E-state index contributed by atoms with van der Waals surface area (Å²) < 4.78 is 5.73. The summed E-state index contributed by atoms with van der Waals surface area (Å²) in [6.45, 7) is 7.97. The lowest BCUT2D eigenvalue weighted by molar-refractivity contribution is -0.0896. The van der Waals surface area contributed by atoms with Crippen LogP contribution in [0.5, 0.6) is 0 Å². The number of aromatic nitrogens is 1. The molecule has 0 aliphatic carbocycles. The SMILES string of the molecule is CC(C)(O)C(C)(C)O[B]C1=Cc2cc[nH]c2NC1. The highest BCUT2D eigenvalue weighted by molar-refractivity contribution is 6.40. The number of hydrogen-bond acceptors (Lipinski definition) is 3. The molecule has 18 heavy (non-hydrogen) atoms. The average Bonchev–Trinajstić information content (AvgIpc) is 2.71. The third-order valence-corrected chi connectivity index (χ3v) is 3.57. The van der Waals surface area contributed by atoms with Crippen LogP contribution in [0.15, 0.2) is 17.7 Å². The minimum atomic E-state index is -0.897. The molecule has 0 atom stereocenters. The summed E-state index contributed by atoms with van der Waals surface area (Å²) >= 11 is 0. The number of hydrogen-bond donors (Lipinski definition) is 3. The molecule has 1 aromatic heterocycles. The zero-order valence-corrected chi connectivity index (χ0v) is 11.4. The molecule has 0 saturated heterocycles. The van der Waals surface area contributed by atoms with E-state index in [1.165, 1.54) is 0 Å². The van der Waals surface area contributed by atoms with Crippen molar-refractivity contribution in [2.75, 3.05) is 11.9 Å². The molecule has 1 aromatic rings. The summed E-state index contributed by atoms with van der Waals surface area (Å²) in [5.74, 6) is 1.04. The summed E-state index contributed by atoms with van der Waals surface area (Å²) in [6.07, 6.45) is 3.97. The molecule has 1 aliphatic heterocycles. The Labute approximate surface area is 109 Å². The van der Waals surface area contributed by atoms with Crippen LogP contribution in [0.4, 0.5) is 5.82 Å². The van der Waals surface area contributed by atoms with E-state index in [1.54, 1.807) is 21.3 Å². The lowest BCUT2D eigenvalue weighted by Crippen LogP contribution is -2.48. The van der Waals surface area contributed by atoms with Crippen molar-refractivity contribution >= 4 is 19.4 Å². The highest BCUT2D eigenvalue weighted by Crippen LogP contribution is 2.26. The quantitative estimate of drug-likeness (QED) is 0.713. The van der Waals surface area contributed by atoms with Crippen LogP contribution in [0.3, 0.4) is 0 Å². The first-order valence-corrected chi connectivity index (χ1v) is 6.15. The van der Waals surface area contributed by atoms with Crippen molar-refractivity contribution in [1.82, 2.24) is 4.98 Å². The normalized spacial score (nSPS) is 15.7. The van der Waals surface area contributed by atoms with Gasteiger partial charge in [-0.05, 0) is 33.8 Å². The third-order valence-electron chi connectivity index (χ3n) is 3.57. The lowest BCUT2D eigenvalue weighted by atomic mass is 9.80. The van der Waals surface area contributed by atoms with Crippen LogP contribution in [0, 0.1) is 0 Å². The van der Waals surface area contributed by atoms with E-state index in [4.69, 9.17) is 4.65 Å². The molecule has 0 amide bonds. The van der Waals surface area contributed by atoms with Crippen molar-refractivity contribution < 1.29 is 9.76 Å². The number of aromatic amines is 1. The molecule has 5 heteroatoms. The first-order valence-electron chi connectivity index (χ1n) is 6.15. The van der Waals surface area contributed by atoms with Gasteiger partial charge in [0.15, 0.2) is 0 Å².